The van der Waals surface area contributed by atoms with E-state index >= 15 is 0 Å². The minimum Gasteiger partial charge on any atom is -1.00 e. The van der Waals surface area contributed by atoms with Crippen LogP contribution in [0.3, 0.4) is 0 Å². The number of rotatable bonds is 5. The minimum atomic E-state index is -1.28. The summed E-state index contributed by atoms with van der Waals surface area (Å²) in [6, 6.07) is 12.8. The molecule has 1 aliphatic carbocycles. The molecule has 0 saturated carbocycles. The predicted octanol–water partition coefficient (Wildman–Crippen LogP) is 0.180. The third-order valence-corrected chi connectivity index (χ3v) is 4.72. The average molecular weight is 487 g/mol. The number of hydrogen-bond donors (Lipinski definition) is 0. The summed E-state index contributed by atoms with van der Waals surface area (Å²) in [5.41, 5.74) is 2.71. The van der Waals surface area contributed by atoms with Crippen LogP contribution in [0.2, 0.25) is 19.6 Å². The minimum absolute atomic E-state index is 0. The molecule has 0 spiro atoms. The molecule has 0 fully saturated rings. The first-order valence-electron chi connectivity index (χ1n) is 8.46. The van der Waals surface area contributed by atoms with Gasteiger partial charge in [-0.05, 0) is 26.1 Å². The van der Waals surface area contributed by atoms with Crippen molar-refractivity contribution in [2.45, 2.75) is 45.8 Å². The third kappa shape index (κ3) is 10.9. The van der Waals surface area contributed by atoms with Crippen molar-refractivity contribution in [3.63, 3.8) is 0 Å². The van der Waals surface area contributed by atoms with E-state index in [0.717, 1.165) is 25.9 Å². The van der Waals surface area contributed by atoms with Gasteiger partial charge in [-0.25, -0.2) is 11.6 Å². The molecule has 0 heterocycles. The van der Waals surface area contributed by atoms with Crippen LogP contribution in [0.5, 0.6) is 0 Å². The van der Waals surface area contributed by atoms with E-state index in [-0.39, 0.29) is 51.0 Å². The Balaban J connectivity index is 0. The first-order chi connectivity index (χ1) is 10.9. The van der Waals surface area contributed by atoms with Crippen LogP contribution < -0.4 is 24.8 Å². The maximum Gasteiger partial charge on any atom is 4.00 e. The van der Waals surface area contributed by atoms with Crippen molar-refractivity contribution in [3.8, 4) is 0 Å². The van der Waals surface area contributed by atoms with E-state index in [1.54, 1.807) is 0 Å². The van der Waals surface area contributed by atoms with E-state index in [1.807, 2.05) is 0 Å². The van der Waals surface area contributed by atoms with Gasteiger partial charge >= 0.3 is 26.2 Å². The molecule has 0 radical (unpaired) electrons. The molecule has 0 atom stereocenters. The molecule has 0 aromatic heterocycles. The van der Waals surface area contributed by atoms with Gasteiger partial charge in [0.2, 0.25) is 0 Å². The Kier molecular flexibility index (Phi) is 15.2. The maximum absolute atomic E-state index is 5.76. The van der Waals surface area contributed by atoms with E-state index < -0.39 is 8.32 Å². The predicted molar refractivity (Wildman–Crippen MR) is 103 cm³/mol. The van der Waals surface area contributed by atoms with Crippen LogP contribution in [0, 0.1) is 13.0 Å². The topological polar surface area (TPSA) is 9.23 Å². The van der Waals surface area contributed by atoms with E-state index in [1.165, 1.54) is 21.9 Å². The number of fused-ring (bicyclic) bond motifs is 1. The Hall–Kier alpha value is -0.0500. The van der Waals surface area contributed by atoms with Gasteiger partial charge in [-0.2, -0.15) is 12.1 Å². The summed E-state index contributed by atoms with van der Waals surface area (Å²) in [4.78, 5) is 0. The number of benzene rings is 1. The van der Waals surface area contributed by atoms with E-state index in [4.69, 9.17) is 4.43 Å². The Morgan fingerprint density at radius 1 is 1.15 bits per heavy atom. The molecule has 0 amide bonds. The summed E-state index contributed by atoms with van der Waals surface area (Å²) in [5, 5.41) is 2.69. The monoisotopic (exact) mass is 484 g/mol. The molecule has 2 aromatic carbocycles. The van der Waals surface area contributed by atoms with E-state index in [0.29, 0.717) is 0 Å². The summed E-state index contributed by atoms with van der Waals surface area (Å²) < 4.78 is 5.76. The molecule has 0 bridgehead atoms. The van der Waals surface area contributed by atoms with Crippen LogP contribution >= 0.6 is 0 Å². The fourth-order valence-electron chi connectivity index (χ4n) is 2.57. The zero-order valence-electron chi connectivity index (χ0n) is 16.1. The van der Waals surface area contributed by atoms with Crippen molar-refractivity contribution in [1.82, 2.24) is 0 Å². The van der Waals surface area contributed by atoms with Crippen LogP contribution in [0.25, 0.3) is 10.8 Å². The van der Waals surface area contributed by atoms with Gasteiger partial charge in [-0.15, -0.1) is 47.0 Å². The van der Waals surface area contributed by atoms with Crippen molar-refractivity contribution in [2.24, 2.45) is 0 Å². The van der Waals surface area contributed by atoms with Crippen molar-refractivity contribution in [3.05, 3.63) is 65.8 Å². The van der Waals surface area contributed by atoms with Gasteiger partial charge in [-0.3, -0.25) is 6.08 Å². The number of allylic oxidation sites excluding steroid dienone is 4. The molecule has 3 rings (SSSR count). The largest absolute Gasteiger partial charge is 4.00 e. The van der Waals surface area contributed by atoms with Gasteiger partial charge in [0.05, 0.1) is 0 Å². The quantitative estimate of drug-likeness (QED) is 0.333. The molecule has 0 unspecified atom stereocenters. The van der Waals surface area contributed by atoms with Crippen molar-refractivity contribution >= 4 is 19.1 Å². The molecule has 26 heavy (non-hydrogen) atoms. The SMILES string of the molecule is C[Si](C)(C)OCCCC1=[C-]CC=C1.Cc1cc2ccccc2[cH-]1.[Cl-].[Cl-].[Zr+4]. The average Bonchev–Trinajstić information content (AvgIpc) is 3.11. The summed E-state index contributed by atoms with van der Waals surface area (Å²) in [6.07, 6.45) is 10.9. The molecule has 140 valence electrons. The number of hydrogen-bond acceptors (Lipinski definition) is 1. The first-order valence-corrected chi connectivity index (χ1v) is 11.9. The molecular weight excluding hydrogens is 458 g/mol. The molecule has 0 N–H and O–H groups in total. The number of halogens is 2. The van der Waals surface area contributed by atoms with Gasteiger partial charge in [-0.1, -0.05) is 19.4 Å². The molecule has 5 heteroatoms. The maximum atomic E-state index is 5.76. The smallest absolute Gasteiger partial charge is 1.00 e. The van der Waals surface area contributed by atoms with Crippen molar-refractivity contribution < 1.29 is 55.4 Å². The molecule has 2 aromatic rings. The Morgan fingerprint density at radius 3 is 2.42 bits per heavy atom. The second kappa shape index (κ2) is 14.0. The summed E-state index contributed by atoms with van der Waals surface area (Å²) in [5.74, 6) is 0. The third-order valence-electron chi connectivity index (χ3n) is 3.65. The zero-order valence-corrected chi connectivity index (χ0v) is 21.1. The summed E-state index contributed by atoms with van der Waals surface area (Å²) in [7, 11) is -1.28. The molecule has 1 aliphatic rings. The molecule has 0 aliphatic heterocycles. The van der Waals surface area contributed by atoms with Crippen LogP contribution in [0.4, 0.5) is 0 Å². The Labute approximate surface area is 191 Å². The van der Waals surface area contributed by atoms with Gasteiger partial charge in [0.25, 0.3) is 0 Å². The number of aryl methyl sites for hydroxylation is 1. The molecule has 0 saturated heterocycles. The second-order valence-electron chi connectivity index (χ2n) is 7.03. The van der Waals surface area contributed by atoms with Crippen LogP contribution in [0.15, 0.2) is 54.1 Å². The summed E-state index contributed by atoms with van der Waals surface area (Å²) >= 11 is 0. The van der Waals surface area contributed by atoms with Crippen molar-refractivity contribution in [2.75, 3.05) is 6.61 Å². The Morgan fingerprint density at radius 2 is 1.85 bits per heavy atom. The fraction of sp³-hybridized carbons (Fsp3) is 0.381. The van der Waals surface area contributed by atoms with Gasteiger partial charge in [0.1, 0.15) is 0 Å². The fourth-order valence-corrected chi connectivity index (χ4v) is 3.33. The van der Waals surface area contributed by atoms with Crippen LogP contribution in [0.1, 0.15) is 24.8 Å². The van der Waals surface area contributed by atoms with Gasteiger partial charge < -0.3 is 29.2 Å². The van der Waals surface area contributed by atoms with Crippen LogP contribution in [-0.4, -0.2) is 14.9 Å². The first kappa shape index (κ1) is 28.2. The van der Waals surface area contributed by atoms with Crippen molar-refractivity contribution in [1.29, 1.82) is 0 Å². The van der Waals surface area contributed by atoms with E-state index in [9.17, 15) is 0 Å². The molecular formula is C21H28Cl2OSiZr. The normalized spacial score (nSPS) is 12.2. The zero-order chi connectivity index (χ0) is 16.7. The second-order valence-corrected chi connectivity index (χ2v) is 11.5. The van der Waals surface area contributed by atoms with Crippen LogP contribution in [-0.2, 0) is 30.6 Å². The summed E-state index contributed by atoms with van der Waals surface area (Å²) in [6.45, 7) is 9.73. The van der Waals surface area contributed by atoms with Gasteiger partial charge in [0.15, 0.2) is 8.32 Å². The molecule has 1 nitrogen and oxygen atoms in total. The standard InChI is InChI=1S/C11H19OSi.C10H9.2ClH.Zr/c1-13(2,3)12-10-6-9-11-7-4-5-8-11;1-8-6-9-4-2-3-5-10(9)7-8;;;/h4,7H,5-6,9-10H2,1-3H3;2-7H,1H3;2*1H;/q2*-1;;;+4/p-2. The van der Waals surface area contributed by atoms with E-state index in [2.05, 4.69) is 81.2 Å². The van der Waals surface area contributed by atoms with Gasteiger partial charge in [0, 0.05) is 6.61 Å². The Bertz CT molecular complexity index is 654.